The molecule has 3 nitrogen and oxygen atoms in total. The summed E-state index contributed by atoms with van der Waals surface area (Å²) in [4.78, 5) is 3.85. The summed E-state index contributed by atoms with van der Waals surface area (Å²) >= 11 is 0. The SMILES string of the molecule is COCCC(C)Nc1cc(C(F)(F)F)ccn1. The third-order valence-electron chi connectivity index (χ3n) is 2.24. The van der Waals surface area contributed by atoms with Crippen molar-refractivity contribution < 1.29 is 17.9 Å². The van der Waals surface area contributed by atoms with Gasteiger partial charge in [0, 0.05) is 26.0 Å². The van der Waals surface area contributed by atoms with Crippen LogP contribution in [0.15, 0.2) is 18.3 Å². The van der Waals surface area contributed by atoms with Crippen LogP contribution >= 0.6 is 0 Å². The third kappa shape index (κ3) is 4.60. The van der Waals surface area contributed by atoms with Crippen LogP contribution < -0.4 is 5.32 Å². The maximum atomic E-state index is 12.4. The molecular formula is C11H15F3N2O. The first kappa shape index (κ1) is 13.8. The smallest absolute Gasteiger partial charge is 0.385 e. The largest absolute Gasteiger partial charge is 0.416 e. The van der Waals surface area contributed by atoms with Crippen LogP contribution in [0.3, 0.4) is 0 Å². The van der Waals surface area contributed by atoms with Crippen LogP contribution in [0.5, 0.6) is 0 Å². The Kier molecular flexibility index (Phi) is 4.74. The first-order chi connectivity index (χ1) is 7.93. The highest BCUT2D eigenvalue weighted by atomic mass is 19.4. The minimum absolute atomic E-state index is 0.00549. The summed E-state index contributed by atoms with van der Waals surface area (Å²) in [5, 5.41) is 2.90. The zero-order valence-electron chi connectivity index (χ0n) is 9.71. The zero-order valence-corrected chi connectivity index (χ0v) is 9.71. The number of aromatic nitrogens is 1. The van der Waals surface area contributed by atoms with Gasteiger partial charge in [0.2, 0.25) is 0 Å². The van der Waals surface area contributed by atoms with Crippen molar-refractivity contribution in [2.24, 2.45) is 0 Å². The van der Waals surface area contributed by atoms with Crippen LogP contribution in [0.4, 0.5) is 19.0 Å². The number of halogens is 3. The minimum atomic E-state index is -4.34. The predicted molar refractivity (Wildman–Crippen MR) is 58.8 cm³/mol. The summed E-state index contributed by atoms with van der Waals surface area (Å²) < 4.78 is 42.2. The quantitative estimate of drug-likeness (QED) is 0.869. The molecule has 0 amide bonds. The summed E-state index contributed by atoms with van der Waals surface area (Å²) in [6.07, 6.45) is -2.49. The summed E-state index contributed by atoms with van der Waals surface area (Å²) in [5.41, 5.74) is -0.700. The molecule has 1 rings (SSSR count). The van der Waals surface area contributed by atoms with Gasteiger partial charge in [-0.05, 0) is 25.5 Å². The number of nitrogens with one attached hydrogen (secondary N) is 1. The van der Waals surface area contributed by atoms with E-state index in [2.05, 4.69) is 10.3 Å². The summed E-state index contributed by atoms with van der Waals surface area (Å²) in [5.74, 6) is 0.225. The van der Waals surface area contributed by atoms with Crippen molar-refractivity contribution in [3.63, 3.8) is 0 Å². The molecule has 1 aromatic rings. The highest BCUT2D eigenvalue weighted by Crippen LogP contribution is 2.29. The van der Waals surface area contributed by atoms with E-state index in [4.69, 9.17) is 4.74 Å². The van der Waals surface area contributed by atoms with Crippen molar-refractivity contribution in [3.8, 4) is 0 Å². The number of ether oxygens (including phenoxy) is 1. The monoisotopic (exact) mass is 248 g/mol. The number of pyridine rings is 1. The lowest BCUT2D eigenvalue weighted by Gasteiger charge is -2.15. The lowest BCUT2D eigenvalue weighted by Crippen LogP contribution is -2.18. The van der Waals surface area contributed by atoms with E-state index in [0.29, 0.717) is 13.0 Å². The van der Waals surface area contributed by atoms with Crippen molar-refractivity contribution >= 4 is 5.82 Å². The van der Waals surface area contributed by atoms with Crippen molar-refractivity contribution in [1.82, 2.24) is 4.98 Å². The fourth-order valence-corrected chi connectivity index (χ4v) is 1.31. The molecule has 1 aromatic heterocycles. The molecule has 0 saturated carbocycles. The van der Waals surface area contributed by atoms with E-state index in [0.717, 1.165) is 18.3 Å². The van der Waals surface area contributed by atoms with Crippen LogP contribution in [0.1, 0.15) is 18.9 Å². The Labute approximate surface area is 98.0 Å². The van der Waals surface area contributed by atoms with Gasteiger partial charge in [0.15, 0.2) is 0 Å². The molecule has 0 spiro atoms. The maximum Gasteiger partial charge on any atom is 0.416 e. The molecule has 96 valence electrons. The number of anilines is 1. The molecule has 1 heterocycles. The van der Waals surface area contributed by atoms with E-state index in [-0.39, 0.29) is 11.9 Å². The lowest BCUT2D eigenvalue weighted by molar-refractivity contribution is -0.137. The summed E-state index contributed by atoms with van der Waals surface area (Å²) in [6.45, 7) is 2.41. The van der Waals surface area contributed by atoms with Crippen molar-refractivity contribution in [3.05, 3.63) is 23.9 Å². The topological polar surface area (TPSA) is 34.1 Å². The van der Waals surface area contributed by atoms with Crippen molar-refractivity contribution in [1.29, 1.82) is 0 Å². The maximum absolute atomic E-state index is 12.4. The number of hydrogen-bond donors (Lipinski definition) is 1. The Morgan fingerprint density at radius 2 is 2.18 bits per heavy atom. The Hall–Kier alpha value is -1.30. The standard InChI is InChI=1S/C11H15F3N2O/c1-8(4-6-17-2)16-10-7-9(3-5-15-10)11(12,13)14/h3,5,7-8H,4,6H2,1-2H3,(H,15,16). The molecule has 0 aliphatic rings. The van der Waals surface area contributed by atoms with E-state index in [1.165, 1.54) is 0 Å². The Morgan fingerprint density at radius 1 is 1.47 bits per heavy atom. The molecule has 1 unspecified atom stereocenters. The van der Waals surface area contributed by atoms with Gasteiger partial charge >= 0.3 is 6.18 Å². The molecule has 0 saturated heterocycles. The summed E-state index contributed by atoms with van der Waals surface area (Å²) in [7, 11) is 1.58. The van der Waals surface area contributed by atoms with Gasteiger partial charge in [0.1, 0.15) is 5.82 Å². The Balaban J connectivity index is 2.66. The number of nitrogens with zero attached hydrogens (tertiary/aromatic N) is 1. The molecule has 0 aliphatic heterocycles. The number of methoxy groups -OCH3 is 1. The predicted octanol–water partition coefficient (Wildman–Crippen LogP) is 2.94. The zero-order chi connectivity index (χ0) is 12.9. The van der Waals surface area contributed by atoms with E-state index >= 15 is 0 Å². The molecule has 0 radical (unpaired) electrons. The van der Waals surface area contributed by atoms with Gasteiger partial charge in [-0.1, -0.05) is 0 Å². The molecular weight excluding hydrogens is 233 g/mol. The fourth-order valence-electron chi connectivity index (χ4n) is 1.31. The van der Waals surface area contributed by atoms with Gasteiger partial charge < -0.3 is 10.1 Å². The van der Waals surface area contributed by atoms with E-state index in [1.807, 2.05) is 6.92 Å². The molecule has 0 aliphatic carbocycles. The minimum Gasteiger partial charge on any atom is -0.385 e. The lowest BCUT2D eigenvalue weighted by atomic mass is 10.2. The van der Waals surface area contributed by atoms with Gasteiger partial charge in [-0.15, -0.1) is 0 Å². The first-order valence-electron chi connectivity index (χ1n) is 5.22. The van der Waals surface area contributed by atoms with Crippen molar-refractivity contribution in [2.75, 3.05) is 19.0 Å². The fraction of sp³-hybridized carbons (Fsp3) is 0.545. The van der Waals surface area contributed by atoms with Gasteiger partial charge in [-0.2, -0.15) is 13.2 Å². The van der Waals surface area contributed by atoms with Crippen LogP contribution in [-0.2, 0) is 10.9 Å². The average Bonchev–Trinajstić information content (AvgIpc) is 2.25. The molecule has 0 aromatic carbocycles. The second-order valence-electron chi connectivity index (χ2n) is 3.75. The number of hydrogen-bond acceptors (Lipinski definition) is 3. The Morgan fingerprint density at radius 3 is 2.76 bits per heavy atom. The van der Waals surface area contributed by atoms with Crippen LogP contribution in [0, 0.1) is 0 Å². The molecule has 1 atom stereocenters. The van der Waals surface area contributed by atoms with Crippen molar-refractivity contribution in [2.45, 2.75) is 25.6 Å². The summed E-state index contributed by atoms with van der Waals surface area (Å²) in [6, 6.07) is 1.96. The third-order valence-corrected chi connectivity index (χ3v) is 2.24. The van der Waals surface area contributed by atoms with E-state index in [9.17, 15) is 13.2 Å². The van der Waals surface area contributed by atoms with Gasteiger partial charge in [0.05, 0.1) is 5.56 Å². The van der Waals surface area contributed by atoms with Crippen LogP contribution in [0.25, 0.3) is 0 Å². The van der Waals surface area contributed by atoms with Crippen LogP contribution in [-0.4, -0.2) is 24.7 Å². The highest BCUT2D eigenvalue weighted by molar-refractivity contribution is 5.39. The van der Waals surface area contributed by atoms with E-state index in [1.54, 1.807) is 7.11 Å². The number of rotatable bonds is 5. The molecule has 0 fully saturated rings. The second kappa shape index (κ2) is 5.86. The van der Waals surface area contributed by atoms with Gasteiger partial charge in [-0.3, -0.25) is 0 Å². The normalized spacial score (nSPS) is 13.5. The van der Waals surface area contributed by atoms with Gasteiger partial charge in [0.25, 0.3) is 0 Å². The van der Waals surface area contributed by atoms with Gasteiger partial charge in [-0.25, -0.2) is 4.98 Å². The molecule has 1 N–H and O–H groups in total. The van der Waals surface area contributed by atoms with Crippen LogP contribution in [0.2, 0.25) is 0 Å². The molecule has 0 bridgehead atoms. The first-order valence-corrected chi connectivity index (χ1v) is 5.22. The molecule has 17 heavy (non-hydrogen) atoms. The number of alkyl halides is 3. The highest BCUT2D eigenvalue weighted by Gasteiger charge is 2.30. The molecule has 6 heteroatoms. The average molecular weight is 248 g/mol. The second-order valence-corrected chi connectivity index (χ2v) is 3.75. The van der Waals surface area contributed by atoms with E-state index < -0.39 is 11.7 Å². The Bertz CT molecular complexity index is 355.